The van der Waals surface area contributed by atoms with E-state index in [-0.39, 0.29) is 0 Å². The standard InChI is InChI=1S/C12H22N2/c1-13-14(2)12-6-9-3-10(7-12)5-11(4-9)8-12/h9-11,13H,3-8H2,1-2H3. The molecule has 4 saturated carbocycles. The van der Waals surface area contributed by atoms with Crippen LogP contribution in [0.3, 0.4) is 0 Å². The van der Waals surface area contributed by atoms with Gasteiger partial charge in [0.05, 0.1) is 0 Å². The molecule has 0 aromatic heterocycles. The molecule has 4 fully saturated rings. The lowest BCUT2D eigenvalue weighted by Crippen LogP contribution is -2.61. The zero-order valence-corrected chi connectivity index (χ0v) is 9.42. The van der Waals surface area contributed by atoms with Crippen LogP contribution in [0.5, 0.6) is 0 Å². The molecule has 2 heteroatoms. The van der Waals surface area contributed by atoms with Crippen LogP contribution in [0.25, 0.3) is 0 Å². The van der Waals surface area contributed by atoms with Crippen molar-refractivity contribution >= 4 is 0 Å². The summed E-state index contributed by atoms with van der Waals surface area (Å²) in [5.74, 6) is 3.16. The van der Waals surface area contributed by atoms with Crippen molar-refractivity contribution in [3.05, 3.63) is 0 Å². The topological polar surface area (TPSA) is 15.3 Å². The van der Waals surface area contributed by atoms with E-state index in [0.29, 0.717) is 5.54 Å². The summed E-state index contributed by atoms with van der Waals surface area (Å²) in [6.45, 7) is 0. The van der Waals surface area contributed by atoms with Crippen LogP contribution in [0.1, 0.15) is 38.5 Å². The third-order valence-electron chi connectivity index (χ3n) is 5.05. The molecule has 0 saturated heterocycles. The minimum absolute atomic E-state index is 0.531. The summed E-state index contributed by atoms with van der Waals surface area (Å²) in [7, 11) is 4.31. The normalized spacial score (nSPS) is 50.4. The number of hydrazine groups is 1. The molecule has 4 aliphatic rings. The molecule has 0 aromatic rings. The van der Waals surface area contributed by atoms with Crippen LogP contribution < -0.4 is 5.43 Å². The Morgan fingerprint density at radius 3 is 1.79 bits per heavy atom. The van der Waals surface area contributed by atoms with E-state index in [9.17, 15) is 0 Å². The maximum atomic E-state index is 3.36. The molecule has 0 unspecified atom stereocenters. The van der Waals surface area contributed by atoms with Crippen molar-refractivity contribution in [2.24, 2.45) is 17.8 Å². The van der Waals surface area contributed by atoms with Crippen LogP contribution >= 0.6 is 0 Å². The number of rotatable bonds is 2. The van der Waals surface area contributed by atoms with Crippen LogP contribution in [0.4, 0.5) is 0 Å². The van der Waals surface area contributed by atoms with Crippen molar-refractivity contribution in [1.29, 1.82) is 0 Å². The fourth-order valence-electron chi connectivity index (χ4n) is 4.71. The van der Waals surface area contributed by atoms with Gasteiger partial charge in [-0.25, -0.2) is 5.01 Å². The summed E-state index contributed by atoms with van der Waals surface area (Å²) in [6.07, 6.45) is 8.98. The van der Waals surface area contributed by atoms with Crippen LogP contribution in [-0.2, 0) is 0 Å². The molecule has 0 amide bonds. The highest BCUT2D eigenvalue weighted by Crippen LogP contribution is 2.57. The quantitative estimate of drug-likeness (QED) is 0.677. The monoisotopic (exact) mass is 194 g/mol. The van der Waals surface area contributed by atoms with E-state index in [1.165, 1.54) is 38.5 Å². The second kappa shape index (κ2) is 2.96. The highest BCUT2D eigenvalue weighted by atomic mass is 15.5. The SMILES string of the molecule is CNN(C)C12CC3CC(CC(C3)C1)C2. The Hall–Kier alpha value is -0.0800. The molecule has 0 radical (unpaired) electrons. The first kappa shape index (κ1) is 9.17. The van der Waals surface area contributed by atoms with Gasteiger partial charge >= 0.3 is 0 Å². The van der Waals surface area contributed by atoms with Gasteiger partial charge in [0.2, 0.25) is 0 Å². The second-order valence-corrected chi connectivity index (χ2v) is 5.92. The van der Waals surface area contributed by atoms with Crippen LogP contribution in [0.15, 0.2) is 0 Å². The largest absolute Gasteiger partial charge is 0.258 e. The predicted molar refractivity (Wildman–Crippen MR) is 57.7 cm³/mol. The van der Waals surface area contributed by atoms with Crippen molar-refractivity contribution in [3.63, 3.8) is 0 Å². The molecule has 1 N–H and O–H groups in total. The molecule has 4 bridgehead atoms. The van der Waals surface area contributed by atoms with E-state index >= 15 is 0 Å². The third-order valence-corrected chi connectivity index (χ3v) is 5.05. The Morgan fingerprint density at radius 2 is 1.43 bits per heavy atom. The Labute approximate surface area is 87.0 Å². The van der Waals surface area contributed by atoms with Gasteiger partial charge in [0, 0.05) is 12.6 Å². The van der Waals surface area contributed by atoms with Gasteiger partial charge < -0.3 is 0 Å². The number of hydrogen-bond acceptors (Lipinski definition) is 2. The van der Waals surface area contributed by atoms with Crippen LogP contribution in [-0.4, -0.2) is 24.6 Å². The van der Waals surface area contributed by atoms with Crippen molar-refractivity contribution in [1.82, 2.24) is 10.4 Å². The highest BCUT2D eigenvalue weighted by molar-refractivity contribution is 5.06. The van der Waals surface area contributed by atoms with E-state index < -0.39 is 0 Å². The minimum atomic E-state index is 0.531. The first-order chi connectivity index (χ1) is 6.72. The molecule has 4 rings (SSSR count). The summed E-state index contributed by atoms with van der Waals surface area (Å²) in [5, 5.41) is 2.41. The Kier molecular flexibility index (Phi) is 1.94. The summed E-state index contributed by atoms with van der Waals surface area (Å²) >= 11 is 0. The molecule has 14 heavy (non-hydrogen) atoms. The Morgan fingerprint density at radius 1 is 1.00 bits per heavy atom. The van der Waals surface area contributed by atoms with E-state index in [2.05, 4.69) is 24.5 Å². The van der Waals surface area contributed by atoms with Gasteiger partial charge in [-0.15, -0.1) is 0 Å². The zero-order chi connectivity index (χ0) is 9.76. The average Bonchev–Trinajstić information content (AvgIpc) is 2.14. The fraction of sp³-hybridized carbons (Fsp3) is 1.00. The van der Waals surface area contributed by atoms with Gasteiger partial charge in [-0.05, 0) is 63.3 Å². The Bertz CT molecular complexity index is 201. The van der Waals surface area contributed by atoms with Gasteiger partial charge in [-0.2, -0.15) is 0 Å². The molecule has 0 atom stereocenters. The smallest absolute Gasteiger partial charge is 0.0359 e. The first-order valence-corrected chi connectivity index (χ1v) is 6.13. The lowest BCUT2D eigenvalue weighted by molar-refractivity contribution is -0.0948. The maximum absolute atomic E-state index is 3.36. The van der Waals surface area contributed by atoms with E-state index in [4.69, 9.17) is 0 Å². The van der Waals surface area contributed by atoms with Crippen molar-refractivity contribution in [2.45, 2.75) is 44.1 Å². The van der Waals surface area contributed by atoms with E-state index in [1.807, 2.05) is 0 Å². The molecule has 0 aliphatic heterocycles. The molecule has 2 nitrogen and oxygen atoms in total. The van der Waals surface area contributed by atoms with Crippen molar-refractivity contribution < 1.29 is 0 Å². The number of hydrogen-bond donors (Lipinski definition) is 1. The molecule has 0 spiro atoms. The number of nitrogens with zero attached hydrogens (tertiary/aromatic N) is 1. The van der Waals surface area contributed by atoms with Gasteiger partial charge in [0.15, 0.2) is 0 Å². The average molecular weight is 194 g/mol. The maximum Gasteiger partial charge on any atom is 0.0359 e. The fourth-order valence-corrected chi connectivity index (χ4v) is 4.71. The summed E-state index contributed by atoms with van der Waals surface area (Å²) in [6, 6.07) is 0. The summed E-state index contributed by atoms with van der Waals surface area (Å²) < 4.78 is 0. The molecule has 4 aliphatic carbocycles. The van der Waals surface area contributed by atoms with Gasteiger partial charge in [-0.3, -0.25) is 5.43 Å². The van der Waals surface area contributed by atoms with E-state index in [1.54, 1.807) is 0 Å². The second-order valence-electron chi connectivity index (χ2n) is 5.92. The molecular formula is C12H22N2. The third kappa shape index (κ3) is 1.17. The number of nitrogens with one attached hydrogen (secondary N) is 1. The predicted octanol–water partition coefficient (Wildman–Crippen LogP) is 2.02. The lowest BCUT2D eigenvalue weighted by Gasteiger charge is -2.59. The summed E-state index contributed by atoms with van der Waals surface area (Å²) in [4.78, 5) is 0. The van der Waals surface area contributed by atoms with Gasteiger partial charge in [-0.1, -0.05) is 0 Å². The van der Waals surface area contributed by atoms with Crippen LogP contribution in [0.2, 0.25) is 0 Å². The molecule has 0 heterocycles. The molecule has 0 aromatic carbocycles. The van der Waals surface area contributed by atoms with Gasteiger partial charge in [0.25, 0.3) is 0 Å². The first-order valence-electron chi connectivity index (χ1n) is 6.13. The van der Waals surface area contributed by atoms with Crippen molar-refractivity contribution in [2.75, 3.05) is 14.1 Å². The zero-order valence-electron chi connectivity index (χ0n) is 9.42. The molecule has 80 valence electrons. The highest BCUT2D eigenvalue weighted by Gasteiger charge is 2.52. The lowest BCUT2D eigenvalue weighted by atomic mass is 9.53. The minimum Gasteiger partial charge on any atom is -0.258 e. The summed E-state index contributed by atoms with van der Waals surface area (Å²) in [5.41, 5.74) is 3.89. The van der Waals surface area contributed by atoms with E-state index in [0.717, 1.165) is 17.8 Å². The Balaban J connectivity index is 1.87. The van der Waals surface area contributed by atoms with Gasteiger partial charge in [0.1, 0.15) is 0 Å². The molecular weight excluding hydrogens is 172 g/mol. The van der Waals surface area contributed by atoms with Crippen LogP contribution in [0, 0.1) is 17.8 Å². The van der Waals surface area contributed by atoms with Crippen molar-refractivity contribution in [3.8, 4) is 0 Å².